The van der Waals surface area contributed by atoms with Gasteiger partial charge in [0.1, 0.15) is 0 Å². The van der Waals surface area contributed by atoms with Crippen LogP contribution < -0.4 is 0 Å². The van der Waals surface area contributed by atoms with E-state index in [0.29, 0.717) is 5.69 Å². The topological polar surface area (TPSA) is 48.9 Å². The van der Waals surface area contributed by atoms with Gasteiger partial charge in [-0.25, -0.2) is 4.98 Å². The molecule has 0 aliphatic carbocycles. The van der Waals surface area contributed by atoms with E-state index in [1.54, 1.807) is 17.7 Å². The van der Waals surface area contributed by atoms with E-state index >= 15 is 0 Å². The SMILES string of the molecule is Cc1csc(C)c1C(O)(c1c[nH]cn1)C(c1ccccc1)(c1ccccc1)c1ccccc1. The lowest BCUT2D eigenvalue weighted by Crippen LogP contribution is -2.52. The lowest BCUT2D eigenvalue weighted by molar-refractivity contribution is 0.0236. The summed E-state index contributed by atoms with van der Waals surface area (Å²) in [5, 5.41) is 15.4. The van der Waals surface area contributed by atoms with Crippen LogP contribution in [0.15, 0.2) is 109 Å². The third-order valence-corrected chi connectivity index (χ3v) is 7.58. The van der Waals surface area contributed by atoms with Crippen molar-refractivity contribution in [3.63, 3.8) is 0 Å². The molecule has 4 heteroatoms. The smallest absolute Gasteiger partial charge is 0.152 e. The van der Waals surface area contributed by atoms with Crippen molar-refractivity contribution in [2.75, 3.05) is 0 Å². The monoisotopic (exact) mass is 450 g/mol. The number of H-pyrrole nitrogens is 1. The summed E-state index contributed by atoms with van der Waals surface area (Å²) in [6, 6.07) is 30.9. The number of aromatic nitrogens is 2. The van der Waals surface area contributed by atoms with Crippen molar-refractivity contribution in [3.05, 3.63) is 147 Å². The van der Waals surface area contributed by atoms with Crippen molar-refractivity contribution in [2.24, 2.45) is 0 Å². The standard InChI is InChI=1S/C29H26N2OS/c1-21-19-33-22(2)27(21)29(32,26-18-30-20-31-26)28(23-12-6-3-7-13-23,24-14-8-4-9-15-24)25-16-10-5-11-17-25/h3-20,32H,1-2H3,(H,30,31). The van der Waals surface area contributed by atoms with E-state index in [9.17, 15) is 5.11 Å². The van der Waals surface area contributed by atoms with Gasteiger partial charge >= 0.3 is 0 Å². The number of aryl methyl sites for hydroxylation is 2. The number of thiophene rings is 1. The van der Waals surface area contributed by atoms with Gasteiger partial charge in [0.05, 0.1) is 17.4 Å². The van der Waals surface area contributed by atoms with E-state index in [-0.39, 0.29) is 0 Å². The quantitative estimate of drug-likeness (QED) is 0.296. The summed E-state index contributed by atoms with van der Waals surface area (Å²) >= 11 is 1.66. The van der Waals surface area contributed by atoms with Gasteiger partial charge in [0, 0.05) is 16.6 Å². The van der Waals surface area contributed by atoms with E-state index in [1.165, 1.54) is 0 Å². The highest BCUT2D eigenvalue weighted by atomic mass is 32.1. The molecule has 3 aromatic carbocycles. The second-order valence-electron chi connectivity index (χ2n) is 8.36. The maximum absolute atomic E-state index is 13.3. The second-order valence-corrected chi connectivity index (χ2v) is 9.45. The first-order valence-electron chi connectivity index (χ1n) is 11.0. The fraction of sp³-hybridized carbons (Fsp3) is 0.138. The number of benzene rings is 3. The average molecular weight is 451 g/mol. The van der Waals surface area contributed by atoms with Gasteiger partial charge in [0.25, 0.3) is 0 Å². The van der Waals surface area contributed by atoms with Gasteiger partial charge in [-0.1, -0.05) is 91.0 Å². The number of nitrogens with zero attached hydrogens (tertiary/aromatic N) is 1. The normalized spacial score (nSPS) is 13.5. The van der Waals surface area contributed by atoms with Crippen LogP contribution >= 0.6 is 11.3 Å². The molecule has 0 bridgehead atoms. The zero-order valence-electron chi connectivity index (χ0n) is 18.7. The minimum Gasteiger partial charge on any atom is -0.377 e. The van der Waals surface area contributed by atoms with E-state index in [0.717, 1.165) is 32.7 Å². The van der Waals surface area contributed by atoms with Crippen LogP contribution in [0.4, 0.5) is 0 Å². The van der Waals surface area contributed by atoms with Crippen molar-refractivity contribution in [2.45, 2.75) is 24.9 Å². The highest BCUT2D eigenvalue weighted by molar-refractivity contribution is 7.10. The second kappa shape index (κ2) is 8.47. The Balaban J connectivity index is 2.03. The molecule has 2 aromatic heterocycles. The lowest BCUT2D eigenvalue weighted by atomic mass is 9.56. The van der Waals surface area contributed by atoms with Gasteiger partial charge in [0.2, 0.25) is 0 Å². The molecular formula is C29H26N2OS. The van der Waals surface area contributed by atoms with Crippen LogP contribution in [0.2, 0.25) is 0 Å². The average Bonchev–Trinajstić information content (AvgIpc) is 3.52. The minimum atomic E-state index is -1.48. The largest absolute Gasteiger partial charge is 0.377 e. The van der Waals surface area contributed by atoms with Crippen molar-refractivity contribution in [1.29, 1.82) is 0 Å². The molecule has 0 amide bonds. The molecule has 1 unspecified atom stereocenters. The molecule has 2 heterocycles. The highest BCUT2D eigenvalue weighted by Crippen LogP contribution is 2.56. The summed E-state index contributed by atoms with van der Waals surface area (Å²) in [5.74, 6) is 0. The van der Waals surface area contributed by atoms with Crippen molar-refractivity contribution < 1.29 is 5.11 Å². The molecule has 5 aromatic rings. The van der Waals surface area contributed by atoms with Crippen LogP contribution in [-0.2, 0) is 11.0 Å². The number of aromatic amines is 1. The molecule has 0 aliphatic rings. The third-order valence-electron chi connectivity index (χ3n) is 6.55. The number of imidazole rings is 1. The molecule has 0 fully saturated rings. The number of aliphatic hydroxyl groups is 1. The van der Waals surface area contributed by atoms with Crippen LogP contribution in [0, 0.1) is 13.8 Å². The van der Waals surface area contributed by atoms with Crippen LogP contribution in [0.3, 0.4) is 0 Å². The summed E-state index contributed by atoms with van der Waals surface area (Å²) < 4.78 is 0. The molecule has 1 atom stereocenters. The maximum Gasteiger partial charge on any atom is 0.152 e. The molecule has 164 valence electrons. The van der Waals surface area contributed by atoms with Crippen LogP contribution in [0.1, 0.15) is 38.4 Å². The molecule has 0 aliphatic heterocycles. The van der Waals surface area contributed by atoms with Crippen molar-refractivity contribution >= 4 is 11.3 Å². The van der Waals surface area contributed by atoms with E-state index in [2.05, 4.69) is 65.6 Å². The molecule has 3 nitrogen and oxygen atoms in total. The summed E-state index contributed by atoms with van der Waals surface area (Å²) in [7, 11) is 0. The Morgan fingerprint density at radius 2 is 1.24 bits per heavy atom. The first-order chi connectivity index (χ1) is 16.1. The Morgan fingerprint density at radius 3 is 1.61 bits per heavy atom. The zero-order valence-corrected chi connectivity index (χ0v) is 19.5. The van der Waals surface area contributed by atoms with E-state index in [1.807, 2.05) is 60.8 Å². The van der Waals surface area contributed by atoms with Crippen molar-refractivity contribution in [1.82, 2.24) is 9.97 Å². The zero-order chi connectivity index (χ0) is 22.9. The molecule has 0 saturated carbocycles. The Labute approximate surface area is 198 Å². The van der Waals surface area contributed by atoms with Gasteiger partial charge < -0.3 is 10.1 Å². The molecule has 33 heavy (non-hydrogen) atoms. The van der Waals surface area contributed by atoms with Gasteiger partial charge in [0.15, 0.2) is 5.60 Å². The molecule has 0 saturated heterocycles. The number of hydrogen-bond donors (Lipinski definition) is 2. The number of nitrogens with one attached hydrogen (secondary N) is 1. The highest BCUT2D eigenvalue weighted by Gasteiger charge is 2.58. The number of hydrogen-bond acceptors (Lipinski definition) is 3. The van der Waals surface area contributed by atoms with Crippen molar-refractivity contribution in [3.8, 4) is 0 Å². The lowest BCUT2D eigenvalue weighted by Gasteiger charge is -2.48. The predicted octanol–water partition coefficient (Wildman–Crippen LogP) is 6.36. The molecule has 0 radical (unpaired) electrons. The van der Waals surface area contributed by atoms with Gasteiger partial charge in [-0.05, 0) is 41.5 Å². The fourth-order valence-electron chi connectivity index (χ4n) is 5.27. The summed E-state index contributed by atoms with van der Waals surface area (Å²) in [6.45, 7) is 4.15. The van der Waals surface area contributed by atoms with E-state index in [4.69, 9.17) is 0 Å². The predicted molar refractivity (Wildman–Crippen MR) is 135 cm³/mol. The molecule has 0 spiro atoms. The van der Waals surface area contributed by atoms with Crippen LogP contribution in [0.5, 0.6) is 0 Å². The van der Waals surface area contributed by atoms with Gasteiger partial charge in [-0.2, -0.15) is 0 Å². The Bertz CT molecular complexity index is 1210. The summed E-state index contributed by atoms with van der Waals surface area (Å²) in [4.78, 5) is 8.84. The van der Waals surface area contributed by atoms with Gasteiger partial charge in [-0.15, -0.1) is 11.3 Å². The Hall–Kier alpha value is -3.47. The summed E-state index contributed by atoms with van der Waals surface area (Å²) in [6.07, 6.45) is 3.46. The van der Waals surface area contributed by atoms with Crippen LogP contribution in [-0.4, -0.2) is 15.1 Å². The summed E-state index contributed by atoms with van der Waals surface area (Å²) in [5.41, 5.74) is 3.09. The van der Waals surface area contributed by atoms with Crippen LogP contribution in [0.25, 0.3) is 0 Å². The first-order valence-corrected chi connectivity index (χ1v) is 11.9. The molecule has 2 N–H and O–H groups in total. The Morgan fingerprint density at radius 1 is 0.758 bits per heavy atom. The number of rotatable bonds is 6. The maximum atomic E-state index is 13.3. The molecule has 5 rings (SSSR count). The minimum absolute atomic E-state index is 0.587. The first kappa shape index (κ1) is 21.4. The fourth-order valence-corrected chi connectivity index (χ4v) is 6.17. The van der Waals surface area contributed by atoms with Gasteiger partial charge in [-0.3, -0.25) is 0 Å². The third kappa shape index (κ3) is 3.17. The Kier molecular flexibility index (Phi) is 5.49. The van der Waals surface area contributed by atoms with E-state index < -0.39 is 11.0 Å². The molecular weight excluding hydrogens is 424 g/mol.